The number of hydrogen-bond acceptors (Lipinski definition) is 3. The third kappa shape index (κ3) is 3.96. The van der Waals surface area contributed by atoms with E-state index >= 15 is 0 Å². The Morgan fingerprint density at radius 3 is 2.45 bits per heavy atom. The highest BCUT2D eigenvalue weighted by molar-refractivity contribution is 8.07. The maximum Gasteiger partial charge on any atom is 0.114 e. The lowest BCUT2D eigenvalue weighted by atomic mass is 9.72. The number of benzene rings is 2. The Balaban J connectivity index is 2.45. The lowest BCUT2D eigenvalue weighted by molar-refractivity contribution is 0.198. The highest BCUT2D eigenvalue weighted by Gasteiger charge is 2.43. The molecule has 0 aromatic heterocycles. The number of methoxy groups -OCH3 is 1. The van der Waals surface area contributed by atoms with E-state index in [0.717, 1.165) is 22.8 Å². The van der Waals surface area contributed by atoms with Crippen LogP contribution in [-0.4, -0.2) is 12.6 Å². The van der Waals surface area contributed by atoms with Crippen LogP contribution < -0.4 is 5.32 Å². The van der Waals surface area contributed by atoms with E-state index in [1.165, 1.54) is 32.4 Å². The molecule has 2 atom stereocenters. The Labute approximate surface area is 192 Å². The van der Waals surface area contributed by atoms with Crippen molar-refractivity contribution in [3.63, 3.8) is 0 Å². The molecule has 0 fully saturated rings. The molecule has 0 amide bonds. The van der Waals surface area contributed by atoms with Crippen molar-refractivity contribution in [2.45, 2.75) is 58.4 Å². The Morgan fingerprint density at radius 2 is 1.90 bits per heavy atom. The van der Waals surface area contributed by atoms with Crippen molar-refractivity contribution in [1.29, 1.82) is 0 Å². The van der Waals surface area contributed by atoms with Gasteiger partial charge in [0.1, 0.15) is 5.76 Å². The normalized spacial score (nSPS) is 22.0. The molecule has 1 aliphatic rings. The van der Waals surface area contributed by atoms with Crippen LogP contribution in [0.1, 0.15) is 69.6 Å². The van der Waals surface area contributed by atoms with Gasteiger partial charge < -0.3 is 10.1 Å². The van der Waals surface area contributed by atoms with Crippen LogP contribution in [0.5, 0.6) is 0 Å². The molecule has 1 aliphatic heterocycles. The zero-order chi connectivity index (χ0) is 22.9. The van der Waals surface area contributed by atoms with Crippen molar-refractivity contribution in [2.24, 2.45) is 0 Å². The third-order valence-electron chi connectivity index (χ3n) is 6.60. The molecule has 0 spiro atoms. The Hall–Kier alpha value is -2.39. The first kappa shape index (κ1) is 23.3. The van der Waals surface area contributed by atoms with Gasteiger partial charge in [-0.3, -0.25) is 0 Å². The van der Waals surface area contributed by atoms with E-state index in [4.69, 9.17) is 4.74 Å². The largest absolute Gasteiger partial charge is 0.499 e. The third-order valence-corrected chi connectivity index (χ3v) is 7.77. The predicted molar refractivity (Wildman–Crippen MR) is 138 cm³/mol. The van der Waals surface area contributed by atoms with Gasteiger partial charge in [-0.15, -0.1) is 0 Å². The first-order valence-electron chi connectivity index (χ1n) is 11.0. The van der Waals surface area contributed by atoms with E-state index in [2.05, 4.69) is 90.0 Å². The topological polar surface area (TPSA) is 21.3 Å². The smallest absolute Gasteiger partial charge is 0.114 e. The van der Waals surface area contributed by atoms with Crippen LogP contribution >= 0.6 is 11.8 Å². The highest BCUT2D eigenvalue weighted by Crippen LogP contribution is 2.49. The summed E-state index contributed by atoms with van der Waals surface area (Å²) in [5.41, 5.74) is 4.72. The van der Waals surface area contributed by atoms with Gasteiger partial charge in [0.05, 0.1) is 18.3 Å². The molecule has 0 aliphatic carbocycles. The molecule has 0 bridgehead atoms. The van der Waals surface area contributed by atoms with Crippen molar-refractivity contribution in [3.8, 4) is 0 Å². The zero-order valence-electron chi connectivity index (χ0n) is 19.8. The Morgan fingerprint density at radius 1 is 1.26 bits per heavy atom. The van der Waals surface area contributed by atoms with Gasteiger partial charge in [-0.25, -0.2) is 0 Å². The number of fused-ring (bicyclic) bond motifs is 3. The number of ether oxygens (including phenoxy) is 1. The minimum atomic E-state index is -0.435. The summed E-state index contributed by atoms with van der Waals surface area (Å²) in [6.45, 7) is 23.5. The van der Waals surface area contributed by atoms with Gasteiger partial charge in [0, 0.05) is 21.3 Å². The van der Waals surface area contributed by atoms with Crippen LogP contribution in [0.15, 0.2) is 71.7 Å². The summed E-state index contributed by atoms with van der Waals surface area (Å²) in [5, 5.41) is 6.50. The van der Waals surface area contributed by atoms with Crippen molar-refractivity contribution in [1.82, 2.24) is 5.32 Å². The molecule has 31 heavy (non-hydrogen) atoms. The van der Waals surface area contributed by atoms with E-state index in [1.54, 1.807) is 18.9 Å². The number of thioether (sulfide) groups is 1. The molecule has 2 aromatic rings. The minimum absolute atomic E-state index is 0.176. The van der Waals surface area contributed by atoms with Gasteiger partial charge >= 0.3 is 0 Å². The monoisotopic (exact) mass is 433 g/mol. The van der Waals surface area contributed by atoms with Crippen LogP contribution in [-0.2, 0) is 4.74 Å². The first-order chi connectivity index (χ1) is 14.7. The quantitative estimate of drug-likeness (QED) is 0.352. The maximum absolute atomic E-state index is 5.70. The highest BCUT2D eigenvalue weighted by atomic mass is 32.2. The molecule has 3 heteroatoms. The van der Waals surface area contributed by atoms with E-state index in [1.807, 2.05) is 6.08 Å². The summed E-state index contributed by atoms with van der Waals surface area (Å²) >= 11 is 1.69. The Kier molecular flexibility index (Phi) is 6.76. The summed E-state index contributed by atoms with van der Waals surface area (Å²) in [6.07, 6.45) is 2.72. The fourth-order valence-corrected chi connectivity index (χ4v) is 5.35. The molecule has 2 nitrogen and oxygen atoms in total. The molecular weight excluding hydrogens is 398 g/mol. The van der Waals surface area contributed by atoms with Crippen molar-refractivity contribution in [3.05, 3.63) is 88.4 Å². The SMILES string of the molecule is C=CC(=C)S/C(CC)=C1/NC(C)(C(=C)OC)C(C)c2c1cc(C(C)C)c1ccccc21. The molecule has 1 N–H and O–H groups in total. The number of hydrogen-bond donors (Lipinski definition) is 1. The van der Waals surface area contributed by atoms with Crippen LogP contribution in [0.4, 0.5) is 0 Å². The molecule has 0 saturated heterocycles. The molecule has 164 valence electrons. The second kappa shape index (κ2) is 9.00. The lowest BCUT2D eigenvalue weighted by Gasteiger charge is -2.45. The average Bonchev–Trinajstić information content (AvgIpc) is 2.77. The summed E-state index contributed by atoms with van der Waals surface area (Å²) in [7, 11) is 1.70. The fourth-order valence-electron chi connectivity index (χ4n) is 4.54. The molecule has 1 heterocycles. The van der Waals surface area contributed by atoms with Crippen molar-refractivity contribution >= 4 is 28.2 Å². The van der Waals surface area contributed by atoms with Gasteiger partial charge in [-0.2, -0.15) is 0 Å². The second-order valence-electron chi connectivity index (χ2n) is 8.73. The van der Waals surface area contributed by atoms with Crippen LogP contribution in [0, 0.1) is 0 Å². The molecule has 2 aromatic carbocycles. The van der Waals surface area contributed by atoms with Crippen LogP contribution in [0.25, 0.3) is 16.5 Å². The maximum atomic E-state index is 5.70. The molecule has 0 saturated carbocycles. The van der Waals surface area contributed by atoms with E-state index < -0.39 is 5.54 Å². The standard InChI is InChI=1S/C28H35NOS/c1-10-18(5)31-25(11-2)27-24-16-23(17(3)4)21-14-12-13-15-22(21)26(24)19(6)28(8,29-27)20(7)30-9/h10,12-17,19,29H,1,5,7,11H2,2-4,6,8-9H3/b27-25+. The summed E-state index contributed by atoms with van der Waals surface area (Å²) in [6, 6.07) is 11.2. The number of nitrogens with one attached hydrogen (secondary N) is 1. The van der Waals surface area contributed by atoms with Crippen molar-refractivity contribution < 1.29 is 4.74 Å². The second-order valence-corrected chi connectivity index (χ2v) is 9.95. The minimum Gasteiger partial charge on any atom is -0.499 e. The average molecular weight is 434 g/mol. The lowest BCUT2D eigenvalue weighted by Crippen LogP contribution is -2.51. The molecule has 0 radical (unpaired) electrons. The molecular formula is C28H35NOS. The predicted octanol–water partition coefficient (Wildman–Crippen LogP) is 8.10. The van der Waals surface area contributed by atoms with Gasteiger partial charge in [-0.05, 0) is 47.2 Å². The summed E-state index contributed by atoms with van der Waals surface area (Å²) in [5.74, 6) is 1.34. The van der Waals surface area contributed by atoms with Crippen LogP contribution in [0.3, 0.4) is 0 Å². The molecule has 3 rings (SSSR count). The van der Waals surface area contributed by atoms with Crippen molar-refractivity contribution in [2.75, 3.05) is 7.11 Å². The Bertz CT molecular complexity index is 1080. The molecule has 2 unspecified atom stereocenters. The first-order valence-corrected chi connectivity index (χ1v) is 11.8. The summed E-state index contributed by atoms with van der Waals surface area (Å²) < 4.78 is 5.70. The zero-order valence-corrected chi connectivity index (χ0v) is 20.6. The van der Waals surface area contributed by atoms with Gasteiger partial charge in [-0.1, -0.05) is 89.5 Å². The van der Waals surface area contributed by atoms with E-state index in [9.17, 15) is 0 Å². The van der Waals surface area contributed by atoms with Crippen LogP contribution in [0.2, 0.25) is 0 Å². The van der Waals surface area contributed by atoms with E-state index in [-0.39, 0.29) is 5.92 Å². The number of allylic oxidation sites excluding steroid dienone is 2. The fraction of sp³-hybridized carbons (Fsp3) is 0.357. The van der Waals surface area contributed by atoms with Gasteiger partial charge in [0.15, 0.2) is 0 Å². The number of rotatable bonds is 7. The van der Waals surface area contributed by atoms with Gasteiger partial charge in [0.25, 0.3) is 0 Å². The summed E-state index contributed by atoms with van der Waals surface area (Å²) in [4.78, 5) is 2.20. The van der Waals surface area contributed by atoms with Gasteiger partial charge in [0.2, 0.25) is 0 Å². The van der Waals surface area contributed by atoms with E-state index in [0.29, 0.717) is 5.92 Å².